The van der Waals surface area contributed by atoms with Crippen molar-refractivity contribution in [2.45, 2.75) is 57.4 Å². The predicted octanol–water partition coefficient (Wildman–Crippen LogP) is 5.69. The lowest BCUT2D eigenvalue weighted by Crippen LogP contribution is -2.36. The van der Waals surface area contributed by atoms with Crippen LogP contribution in [0.1, 0.15) is 55.8 Å². The molecule has 0 aromatic heterocycles. The Morgan fingerprint density at radius 3 is 2.32 bits per heavy atom. The van der Waals surface area contributed by atoms with Crippen LogP contribution in [0.3, 0.4) is 0 Å². The lowest BCUT2D eigenvalue weighted by atomic mass is 9.87. The van der Waals surface area contributed by atoms with Crippen LogP contribution in [-0.4, -0.2) is 23.8 Å². The van der Waals surface area contributed by atoms with Crippen LogP contribution in [0, 0.1) is 5.92 Å². The van der Waals surface area contributed by atoms with Crippen LogP contribution in [0.25, 0.3) is 0 Å². The molecule has 2 aromatic carbocycles. The zero-order chi connectivity index (χ0) is 19.2. The Balaban J connectivity index is 1.47. The minimum absolute atomic E-state index is 0.305. The third-order valence-corrected chi connectivity index (χ3v) is 5.89. The van der Waals surface area contributed by atoms with Crippen molar-refractivity contribution >= 4 is 6.09 Å². The van der Waals surface area contributed by atoms with Gasteiger partial charge in [0.15, 0.2) is 12.3 Å². The van der Waals surface area contributed by atoms with E-state index in [0.717, 1.165) is 23.5 Å². The van der Waals surface area contributed by atoms with Gasteiger partial charge in [-0.15, -0.1) is 0 Å². The van der Waals surface area contributed by atoms with Crippen LogP contribution in [0.15, 0.2) is 60.7 Å². The van der Waals surface area contributed by atoms with E-state index >= 15 is 0 Å². The van der Waals surface area contributed by atoms with E-state index in [0.29, 0.717) is 13.2 Å². The Morgan fingerprint density at radius 2 is 1.61 bits per heavy atom. The topological polar surface area (TPSA) is 38.8 Å². The minimum atomic E-state index is -0.390. The average molecular weight is 380 g/mol. The fourth-order valence-corrected chi connectivity index (χ4v) is 4.32. The first kappa shape index (κ1) is 19.0. The van der Waals surface area contributed by atoms with E-state index in [9.17, 15) is 4.79 Å². The van der Waals surface area contributed by atoms with Crippen LogP contribution in [-0.2, 0) is 16.0 Å². The molecule has 1 aliphatic carbocycles. The fraction of sp³-hybridized carbons (Fsp3) is 0.458. The fourth-order valence-electron chi connectivity index (χ4n) is 4.32. The van der Waals surface area contributed by atoms with Crippen LogP contribution in [0.2, 0.25) is 0 Å². The van der Waals surface area contributed by atoms with Gasteiger partial charge in [-0.05, 0) is 23.5 Å². The molecule has 148 valence electrons. The largest absolute Gasteiger partial charge is 0.436 e. The number of hydrogen-bond acceptors (Lipinski definition) is 3. The van der Waals surface area contributed by atoms with Crippen molar-refractivity contribution in [2.75, 3.05) is 6.61 Å². The maximum absolute atomic E-state index is 12.7. The average Bonchev–Trinajstić information content (AvgIpc) is 3.06. The molecule has 1 aliphatic heterocycles. The summed E-state index contributed by atoms with van der Waals surface area (Å²) < 4.78 is 12.1. The summed E-state index contributed by atoms with van der Waals surface area (Å²) in [5.74, 6) is 0.754. The molecule has 28 heavy (non-hydrogen) atoms. The Kier molecular flexibility index (Phi) is 6.27. The summed E-state index contributed by atoms with van der Waals surface area (Å²) in [6.07, 6.45) is 6.63. The number of carbonyl (C=O) groups excluding carboxylic acids is 1. The first-order valence-corrected chi connectivity index (χ1v) is 10.5. The van der Waals surface area contributed by atoms with Crippen LogP contribution >= 0.6 is 0 Å². The molecule has 2 fully saturated rings. The maximum Gasteiger partial charge on any atom is 0.413 e. The number of rotatable bonds is 7. The number of ether oxygens (including phenoxy) is 2. The number of benzene rings is 2. The Labute approximate surface area is 167 Å². The molecule has 0 spiro atoms. The van der Waals surface area contributed by atoms with Crippen LogP contribution in [0.4, 0.5) is 4.79 Å². The summed E-state index contributed by atoms with van der Waals surface area (Å²) in [6, 6.07) is 19.9. The highest BCUT2D eigenvalue weighted by Crippen LogP contribution is 2.35. The molecule has 1 amide bonds. The lowest BCUT2D eigenvalue weighted by Gasteiger charge is -2.27. The van der Waals surface area contributed by atoms with Gasteiger partial charge in [0.05, 0.1) is 6.54 Å². The van der Waals surface area contributed by atoms with Crippen molar-refractivity contribution in [1.82, 2.24) is 4.90 Å². The molecule has 4 rings (SSSR count). The molecule has 2 aliphatic rings. The van der Waals surface area contributed by atoms with Gasteiger partial charge >= 0.3 is 6.09 Å². The van der Waals surface area contributed by atoms with E-state index in [1.54, 1.807) is 4.90 Å². The Bertz CT molecular complexity index is 743. The first-order chi connectivity index (χ1) is 13.8. The smallest absolute Gasteiger partial charge is 0.413 e. The lowest BCUT2D eigenvalue weighted by molar-refractivity contribution is -0.0601. The van der Waals surface area contributed by atoms with Gasteiger partial charge in [-0.1, -0.05) is 92.8 Å². The van der Waals surface area contributed by atoms with E-state index in [1.165, 1.54) is 32.1 Å². The van der Waals surface area contributed by atoms with Gasteiger partial charge in [0.1, 0.15) is 0 Å². The van der Waals surface area contributed by atoms with Gasteiger partial charge < -0.3 is 9.47 Å². The molecule has 4 heteroatoms. The molecule has 1 heterocycles. The molecule has 1 saturated heterocycles. The second kappa shape index (κ2) is 9.24. The summed E-state index contributed by atoms with van der Waals surface area (Å²) in [5.41, 5.74) is 2.06. The van der Waals surface area contributed by atoms with Gasteiger partial charge in [0.2, 0.25) is 0 Å². The SMILES string of the molecule is O=C1OC(c2ccccc2)C(OCCC2CCCCC2)N1Cc1ccccc1. The van der Waals surface area contributed by atoms with Crippen LogP contribution in [0.5, 0.6) is 0 Å². The normalized spacial score (nSPS) is 23.0. The van der Waals surface area contributed by atoms with Crippen molar-refractivity contribution in [2.24, 2.45) is 5.92 Å². The maximum atomic E-state index is 12.7. The van der Waals surface area contributed by atoms with Gasteiger partial charge in [-0.3, -0.25) is 4.90 Å². The first-order valence-electron chi connectivity index (χ1n) is 10.5. The highest BCUT2D eigenvalue weighted by molar-refractivity contribution is 5.70. The monoisotopic (exact) mass is 379 g/mol. The molecule has 0 bridgehead atoms. The van der Waals surface area contributed by atoms with Gasteiger partial charge in [0, 0.05) is 6.61 Å². The van der Waals surface area contributed by atoms with E-state index in [2.05, 4.69) is 0 Å². The highest BCUT2D eigenvalue weighted by Gasteiger charge is 2.43. The summed E-state index contributed by atoms with van der Waals surface area (Å²) in [5, 5.41) is 0. The van der Waals surface area contributed by atoms with E-state index in [4.69, 9.17) is 9.47 Å². The summed E-state index contributed by atoms with van der Waals surface area (Å²) >= 11 is 0. The van der Waals surface area contributed by atoms with Crippen molar-refractivity contribution in [3.05, 3.63) is 71.8 Å². The molecule has 4 nitrogen and oxygen atoms in total. The Morgan fingerprint density at radius 1 is 0.929 bits per heavy atom. The zero-order valence-corrected chi connectivity index (χ0v) is 16.3. The highest BCUT2D eigenvalue weighted by atomic mass is 16.6. The minimum Gasteiger partial charge on any atom is -0.436 e. The van der Waals surface area contributed by atoms with E-state index in [1.807, 2.05) is 60.7 Å². The molecule has 2 unspecified atom stereocenters. The second-order valence-electron chi connectivity index (χ2n) is 7.88. The molecule has 1 saturated carbocycles. The number of cyclic esters (lactones) is 1. The number of hydrogen-bond donors (Lipinski definition) is 0. The Hall–Kier alpha value is -2.33. The number of carbonyl (C=O) groups is 1. The third kappa shape index (κ3) is 4.56. The molecule has 2 atom stereocenters. The van der Waals surface area contributed by atoms with E-state index < -0.39 is 6.23 Å². The van der Waals surface area contributed by atoms with E-state index in [-0.39, 0.29) is 12.2 Å². The second-order valence-corrected chi connectivity index (χ2v) is 7.88. The molecule has 2 aromatic rings. The molecule has 0 N–H and O–H groups in total. The van der Waals surface area contributed by atoms with Gasteiger partial charge in [-0.25, -0.2) is 4.79 Å². The number of nitrogens with zero attached hydrogens (tertiary/aromatic N) is 1. The third-order valence-electron chi connectivity index (χ3n) is 5.89. The van der Waals surface area contributed by atoms with Crippen molar-refractivity contribution in [3.63, 3.8) is 0 Å². The summed E-state index contributed by atoms with van der Waals surface area (Å²) in [7, 11) is 0. The van der Waals surface area contributed by atoms with Gasteiger partial charge in [-0.2, -0.15) is 0 Å². The van der Waals surface area contributed by atoms with Gasteiger partial charge in [0.25, 0.3) is 0 Å². The van der Waals surface area contributed by atoms with Crippen LogP contribution < -0.4 is 0 Å². The molecule has 0 radical (unpaired) electrons. The van der Waals surface area contributed by atoms with Crippen molar-refractivity contribution < 1.29 is 14.3 Å². The standard InChI is InChI=1S/C24H29NO3/c26-24-25(18-20-12-6-2-7-13-20)23(22(28-24)21-14-8-3-9-15-21)27-17-16-19-10-4-1-5-11-19/h2-3,6-9,12-15,19,22-23H,1,4-5,10-11,16-18H2. The zero-order valence-electron chi connectivity index (χ0n) is 16.3. The van der Waals surface area contributed by atoms with Crippen molar-refractivity contribution in [1.29, 1.82) is 0 Å². The predicted molar refractivity (Wildman–Crippen MR) is 109 cm³/mol. The van der Waals surface area contributed by atoms with Crippen molar-refractivity contribution in [3.8, 4) is 0 Å². The summed E-state index contributed by atoms with van der Waals surface area (Å²) in [4.78, 5) is 14.4. The quantitative estimate of drug-likeness (QED) is 0.620. The number of amides is 1. The summed E-state index contributed by atoms with van der Waals surface area (Å²) in [6.45, 7) is 1.16. The molecular formula is C24H29NO3. The molecular weight excluding hydrogens is 350 g/mol.